The monoisotopic (exact) mass is 289 g/mol. The van der Waals surface area contributed by atoms with Crippen LogP contribution in [0.2, 0.25) is 0 Å². The maximum absolute atomic E-state index is 14.0. The zero-order chi connectivity index (χ0) is 15.1. The molecule has 2 aromatic rings. The zero-order valence-electron chi connectivity index (χ0n) is 11.8. The van der Waals surface area contributed by atoms with E-state index in [1.165, 1.54) is 6.07 Å². The number of halogens is 1. The van der Waals surface area contributed by atoms with E-state index in [1.807, 2.05) is 13.8 Å². The number of H-pyrrole nitrogens is 1. The molecule has 0 saturated carbocycles. The zero-order valence-corrected chi connectivity index (χ0v) is 11.8. The van der Waals surface area contributed by atoms with Gasteiger partial charge in [-0.1, -0.05) is 18.2 Å². The summed E-state index contributed by atoms with van der Waals surface area (Å²) in [4.78, 5) is 24.2. The number of nitrogens with one attached hydrogen (secondary N) is 2. The fourth-order valence-electron chi connectivity index (χ4n) is 2.79. The average Bonchev–Trinajstić information content (AvgIpc) is 2.76. The first-order valence-electron chi connectivity index (χ1n) is 6.87. The molecule has 1 aromatic heterocycles. The number of aromatic nitrogens is 2. The van der Waals surface area contributed by atoms with Gasteiger partial charge in [0.1, 0.15) is 11.6 Å². The van der Waals surface area contributed by atoms with Crippen LogP contribution in [0.4, 0.5) is 10.2 Å². The van der Waals surface area contributed by atoms with Crippen LogP contribution >= 0.6 is 0 Å². The topological polar surface area (TPSA) is 66.9 Å². The van der Waals surface area contributed by atoms with Gasteiger partial charge in [0, 0.05) is 18.4 Å². The van der Waals surface area contributed by atoms with Gasteiger partial charge in [-0.2, -0.15) is 0 Å². The minimum atomic E-state index is -0.557. The minimum absolute atomic E-state index is 0.0129. The molecule has 5 nitrogen and oxygen atoms in total. The van der Waals surface area contributed by atoms with E-state index in [4.69, 9.17) is 0 Å². The first-order valence-corrected chi connectivity index (χ1v) is 6.87. The van der Waals surface area contributed by atoms with Crippen LogP contribution in [0.15, 0.2) is 29.1 Å². The van der Waals surface area contributed by atoms with Crippen molar-refractivity contribution >= 4 is 11.7 Å². The molecule has 1 amide bonds. The van der Waals surface area contributed by atoms with Crippen LogP contribution in [0.3, 0.4) is 0 Å². The molecule has 110 valence electrons. The van der Waals surface area contributed by atoms with E-state index < -0.39 is 11.7 Å². The van der Waals surface area contributed by atoms with E-state index in [0.717, 1.165) is 0 Å². The molecule has 0 fully saturated rings. The third-order valence-electron chi connectivity index (χ3n) is 3.76. The highest BCUT2D eigenvalue weighted by molar-refractivity contribution is 5.94. The maximum atomic E-state index is 14.0. The molecule has 1 aromatic carbocycles. The van der Waals surface area contributed by atoms with Crippen molar-refractivity contribution in [3.63, 3.8) is 0 Å². The molecule has 2 heterocycles. The first kappa shape index (κ1) is 13.6. The van der Waals surface area contributed by atoms with Gasteiger partial charge in [0.05, 0.1) is 5.56 Å². The summed E-state index contributed by atoms with van der Waals surface area (Å²) < 4.78 is 15.7. The molecule has 1 aliphatic rings. The maximum Gasteiger partial charge on any atom is 0.270 e. The number of fused-ring (bicyclic) bond motifs is 1. The van der Waals surface area contributed by atoms with Crippen LogP contribution in [-0.2, 0) is 4.79 Å². The van der Waals surface area contributed by atoms with E-state index in [0.29, 0.717) is 16.9 Å². The number of carbonyl (C=O) groups excluding carboxylic acids is 1. The summed E-state index contributed by atoms with van der Waals surface area (Å²) in [6.45, 7) is 3.80. The number of amides is 1. The summed E-state index contributed by atoms with van der Waals surface area (Å²) >= 11 is 0. The molecule has 2 N–H and O–H groups in total. The smallest absolute Gasteiger partial charge is 0.270 e. The van der Waals surface area contributed by atoms with Crippen molar-refractivity contribution in [3.05, 3.63) is 51.6 Å². The quantitative estimate of drug-likeness (QED) is 0.891. The van der Waals surface area contributed by atoms with Crippen LogP contribution < -0.4 is 10.9 Å². The van der Waals surface area contributed by atoms with Gasteiger partial charge >= 0.3 is 0 Å². The molecule has 21 heavy (non-hydrogen) atoms. The van der Waals surface area contributed by atoms with Crippen molar-refractivity contribution in [1.82, 2.24) is 9.78 Å². The summed E-state index contributed by atoms with van der Waals surface area (Å²) in [7, 11) is 0. The Labute approximate surface area is 120 Å². The van der Waals surface area contributed by atoms with Crippen LogP contribution in [0.5, 0.6) is 0 Å². The second-order valence-electron chi connectivity index (χ2n) is 5.49. The van der Waals surface area contributed by atoms with Crippen molar-refractivity contribution in [3.8, 4) is 0 Å². The predicted octanol–water partition coefficient (Wildman–Crippen LogP) is 2.37. The van der Waals surface area contributed by atoms with Crippen LogP contribution in [-0.4, -0.2) is 15.7 Å². The molecule has 0 bridgehead atoms. The molecule has 6 heteroatoms. The largest absolute Gasteiger partial charge is 0.311 e. The number of hydrogen-bond acceptors (Lipinski definition) is 2. The van der Waals surface area contributed by atoms with E-state index in [1.54, 1.807) is 22.9 Å². The van der Waals surface area contributed by atoms with Gasteiger partial charge < -0.3 is 5.32 Å². The van der Waals surface area contributed by atoms with Crippen molar-refractivity contribution in [2.75, 3.05) is 5.32 Å². The molecule has 1 atom stereocenters. The molecular weight excluding hydrogens is 273 g/mol. The summed E-state index contributed by atoms with van der Waals surface area (Å²) in [6, 6.07) is 6.25. The summed E-state index contributed by atoms with van der Waals surface area (Å²) in [6.07, 6.45) is 0.0686. The number of benzene rings is 1. The van der Waals surface area contributed by atoms with Crippen molar-refractivity contribution < 1.29 is 9.18 Å². The fraction of sp³-hybridized carbons (Fsp3) is 0.333. The van der Waals surface area contributed by atoms with Gasteiger partial charge in [0.25, 0.3) is 5.56 Å². The van der Waals surface area contributed by atoms with Crippen molar-refractivity contribution in [2.24, 2.45) is 0 Å². The van der Waals surface area contributed by atoms with Crippen LogP contribution in [0.25, 0.3) is 0 Å². The number of aromatic amines is 1. The van der Waals surface area contributed by atoms with Gasteiger partial charge in [-0.05, 0) is 25.5 Å². The molecular formula is C15H16FN3O2. The summed E-state index contributed by atoms with van der Waals surface area (Å²) in [5.74, 6) is -0.734. The standard InChI is InChI=1S/C15H16FN3O2/c1-8(2)19-14-13(15(21)18-19)10(7-12(20)17-14)9-5-3-4-6-11(9)16/h3-6,8,10H,7H2,1-2H3,(H,17,20)(H,18,21)/t10-/m0/s1. The average molecular weight is 289 g/mol. The van der Waals surface area contributed by atoms with Crippen LogP contribution in [0.1, 0.15) is 43.4 Å². The Kier molecular flexibility index (Phi) is 3.16. The lowest BCUT2D eigenvalue weighted by atomic mass is 9.87. The van der Waals surface area contributed by atoms with Crippen molar-refractivity contribution in [2.45, 2.75) is 32.2 Å². The molecule has 3 rings (SSSR count). The number of nitrogens with zero attached hydrogens (tertiary/aromatic N) is 1. The van der Waals surface area contributed by atoms with Crippen molar-refractivity contribution in [1.29, 1.82) is 0 Å². The molecule has 0 radical (unpaired) electrons. The third-order valence-corrected chi connectivity index (χ3v) is 3.76. The Hall–Kier alpha value is -2.37. The Morgan fingerprint density at radius 3 is 2.67 bits per heavy atom. The summed E-state index contributed by atoms with van der Waals surface area (Å²) in [5, 5.41) is 5.44. The number of carbonyl (C=O) groups is 1. The minimum Gasteiger partial charge on any atom is -0.311 e. The van der Waals surface area contributed by atoms with E-state index in [2.05, 4.69) is 10.4 Å². The molecule has 0 aliphatic carbocycles. The second kappa shape index (κ2) is 4.87. The fourth-order valence-corrected chi connectivity index (χ4v) is 2.79. The molecule has 0 saturated heterocycles. The van der Waals surface area contributed by atoms with Gasteiger partial charge in [-0.15, -0.1) is 0 Å². The first-order chi connectivity index (χ1) is 9.99. The SMILES string of the molecule is CC(C)n1[nH]c(=O)c2c1NC(=O)C[C@H]2c1ccccc1F. The number of anilines is 1. The van der Waals surface area contributed by atoms with E-state index in [-0.39, 0.29) is 23.9 Å². The predicted molar refractivity (Wildman–Crippen MR) is 76.9 cm³/mol. The van der Waals surface area contributed by atoms with E-state index >= 15 is 0 Å². The summed E-state index contributed by atoms with van der Waals surface area (Å²) in [5.41, 5.74) is 0.515. The lowest BCUT2D eigenvalue weighted by Crippen LogP contribution is -2.27. The van der Waals surface area contributed by atoms with Gasteiger partial charge in [0.2, 0.25) is 5.91 Å². The Morgan fingerprint density at radius 2 is 2.00 bits per heavy atom. The Balaban J connectivity index is 2.21. The van der Waals surface area contributed by atoms with Gasteiger partial charge in [0.15, 0.2) is 0 Å². The molecule has 0 spiro atoms. The second-order valence-corrected chi connectivity index (χ2v) is 5.49. The normalized spacial score (nSPS) is 17.7. The third kappa shape index (κ3) is 2.16. The highest BCUT2D eigenvalue weighted by Crippen LogP contribution is 2.36. The van der Waals surface area contributed by atoms with Crippen LogP contribution in [0, 0.1) is 5.82 Å². The Morgan fingerprint density at radius 1 is 1.29 bits per heavy atom. The molecule has 0 unspecified atom stereocenters. The number of rotatable bonds is 2. The molecule has 1 aliphatic heterocycles. The highest BCUT2D eigenvalue weighted by atomic mass is 19.1. The Bertz CT molecular complexity index is 761. The lowest BCUT2D eigenvalue weighted by Gasteiger charge is -2.24. The van der Waals surface area contributed by atoms with Gasteiger partial charge in [-0.3, -0.25) is 19.4 Å². The number of hydrogen-bond donors (Lipinski definition) is 2. The van der Waals surface area contributed by atoms with E-state index in [9.17, 15) is 14.0 Å². The van der Waals surface area contributed by atoms with Gasteiger partial charge in [-0.25, -0.2) is 4.39 Å². The highest BCUT2D eigenvalue weighted by Gasteiger charge is 2.34. The lowest BCUT2D eigenvalue weighted by molar-refractivity contribution is -0.116.